The van der Waals surface area contributed by atoms with Gasteiger partial charge in [-0.1, -0.05) is 6.07 Å². The number of hydrogen-bond donors (Lipinski definition) is 1. The molecule has 0 radical (unpaired) electrons. The molecule has 0 bridgehead atoms. The molecule has 2 aromatic carbocycles. The summed E-state index contributed by atoms with van der Waals surface area (Å²) in [6.07, 6.45) is -2.28. The van der Waals surface area contributed by atoms with Crippen LogP contribution in [0.5, 0.6) is 11.5 Å². The van der Waals surface area contributed by atoms with E-state index < -0.39 is 24.4 Å². The maximum Gasteiger partial charge on any atom is 0.422 e. The molecule has 0 saturated carbocycles. The second-order valence-corrected chi connectivity index (χ2v) is 7.94. The number of anilines is 1. The molecule has 2 aromatic rings. The number of carboxylic acid groups (broad SMARTS) is 1. The number of benzene rings is 2. The Morgan fingerprint density at radius 2 is 1.91 bits per heavy atom. The second-order valence-electron chi connectivity index (χ2n) is 7.94. The monoisotopic (exact) mass is 449 g/mol. The summed E-state index contributed by atoms with van der Waals surface area (Å²) in [4.78, 5) is 24.9. The van der Waals surface area contributed by atoms with E-state index in [1.807, 2.05) is 0 Å². The average Bonchev–Trinajstić information content (AvgIpc) is 2.68. The first-order chi connectivity index (χ1) is 14.8. The number of fused-ring (bicyclic) bond motifs is 1. The minimum Gasteiger partial charge on any atom is -0.483 e. The molecule has 0 atom stereocenters. The van der Waals surface area contributed by atoms with Gasteiger partial charge in [0.15, 0.2) is 12.2 Å². The van der Waals surface area contributed by atoms with Crippen LogP contribution in [-0.4, -0.2) is 42.4 Å². The van der Waals surface area contributed by atoms with Gasteiger partial charge in [0.1, 0.15) is 11.5 Å². The molecule has 0 fully saturated rings. The SMILES string of the molecule is Cc1cc2c(cc1-c1cc(/C=C/C(=O)O)ccc1OCC(F)(F)F)N(C)C(=O)C(C)(C)O2. The van der Waals surface area contributed by atoms with Gasteiger partial charge in [-0.2, -0.15) is 13.2 Å². The van der Waals surface area contributed by atoms with E-state index in [1.54, 1.807) is 40.0 Å². The lowest BCUT2D eigenvalue weighted by Gasteiger charge is -2.37. The Morgan fingerprint density at radius 3 is 2.53 bits per heavy atom. The number of amides is 1. The van der Waals surface area contributed by atoms with Crippen LogP contribution in [0.1, 0.15) is 25.0 Å². The highest BCUT2D eigenvalue weighted by atomic mass is 19.4. The number of halogens is 3. The smallest absolute Gasteiger partial charge is 0.422 e. The number of carbonyl (C=O) groups is 2. The standard InChI is InChI=1S/C23H22F3NO5/c1-13-9-19-17(27(4)21(30)22(2,3)32-19)11-15(13)16-10-14(6-8-20(28)29)5-7-18(16)31-12-23(24,25)26/h5-11H,12H2,1-4H3,(H,28,29)/b8-6+. The van der Waals surface area contributed by atoms with Gasteiger partial charge < -0.3 is 19.5 Å². The Labute approximate surface area is 182 Å². The maximum absolute atomic E-state index is 12.8. The average molecular weight is 449 g/mol. The lowest BCUT2D eigenvalue weighted by atomic mass is 9.95. The maximum atomic E-state index is 12.8. The lowest BCUT2D eigenvalue weighted by molar-refractivity contribution is -0.153. The van der Waals surface area contributed by atoms with Gasteiger partial charge in [-0.05, 0) is 67.8 Å². The molecular weight excluding hydrogens is 427 g/mol. The molecule has 0 aliphatic carbocycles. The number of carbonyl (C=O) groups excluding carboxylic acids is 1. The number of rotatable bonds is 5. The van der Waals surface area contributed by atoms with E-state index >= 15 is 0 Å². The zero-order chi connectivity index (χ0) is 23.8. The highest BCUT2D eigenvalue weighted by Gasteiger charge is 2.39. The first-order valence-corrected chi connectivity index (χ1v) is 9.65. The largest absolute Gasteiger partial charge is 0.483 e. The van der Waals surface area contributed by atoms with Crippen molar-refractivity contribution in [2.24, 2.45) is 0 Å². The molecule has 9 heteroatoms. The van der Waals surface area contributed by atoms with Crippen LogP contribution in [0, 0.1) is 6.92 Å². The van der Waals surface area contributed by atoms with E-state index in [1.165, 1.54) is 29.2 Å². The number of alkyl halides is 3. The van der Waals surface area contributed by atoms with Crippen molar-refractivity contribution in [3.8, 4) is 22.6 Å². The predicted molar refractivity (Wildman–Crippen MR) is 113 cm³/mol. The summed E-state index contributed by atoms with van der Waals surface area (Å²) in [6, 6.07) is 7.72. The third-order valence-corrected chi connectivity index (χ3v) is 4.96. The number of aliphatic carboxylic acids is 1. The van der Waals surface area contributed by atoms with Gasteiger partial charge in [0.05, 0.1) is 5.69 Å². The van der Waals surface area contributed by atoms with Gasteiger partial charge in [0.25, 0.3) is 5.91 Å². The third-order valence-electron chi connectivity index (χ3n) is 4.96. The minimum atomic E-state index is -4.53. The van der Waals surface area contributed by atoms with Crippen LogP contribution in [0.25, 0.3) is 17.2 Å². The van der Waals surface area contributed by atoms with Crippen molar-refractivity contribution < 1.29 is 37.3 Å². The molecule has 0 aromatic heterocycles. The summed E-state index contributed by atoms with van der Waals surface area (Å²) in [5.74, 6) is -0.984. The first kappa shape index (κ1) is 23.2. The van der Waals surface area contributed by atoms with Gasteiger partial charge in [-0.25, -0.2) is 4.79 Å². The first-order valence-electron chi connectivity index (χ1n) is 9.65. The van der Waals surface area contributed by atoms with E-state index in [-0.39, 0.29) is 11.7 Å². The highest BCUT2D eigenvalue weighted by Crippen LogP contribution is 2.43. The molecule has 6 nitrogen and oxygen atoms in total. The Bertz CT molecular complexity index is 1110. The topological polar surface area (TPSA) is 76.1 Å². The molecule has 0 spiro atoms. The fourth-order valence-corrected chi connectivity index (χ4v) is 3.45. The third kappa shape index (κ3) is 4.87. The van der Waals surface area contributed by atoms with Crippen molar-refractivity contribution >= 4 is 23.6 Å². The molecule has 1 N–H and O–H groups in total. The van der Waals surface area contributed by atoms with E-state index in [2.05, 4.69) is 0 Å². The Morgan fingerprint density at radius 1 is 1.22 bits per heavy atom. The fraction of sp³-hybridized carbons (Fsp3) is 0.304. The van der Waals surface area contributed by atoms with Crippen LogP contribution in [0.3, 0.4) is 0 Å². The Kier molecular flexibility index (Phi) is 5.95. The molecule has 1 heterocycles. The van der Waals surface area contributed by atoms with Crippen LogP contribution in [0.4, 0.5) is 18.9 Å². The summed E-state index contributed by atoms with van der Waals surface area (Å²) >= 11 is 0. The Hall–Kier alpha value is -3.49. The molecular formula is C23H22F3NO5. The second kappa shape index (κ2) is 8.22. The molecule has 0 unspecified atom stereocenters. The van der Waals surface area contributed by atoms with Gasteiger partial charge in [-0.3, -0.25) is 4.79 Å². The van der Waals surface area contributed by atoms with Crippen molar-refractivity contribution in [2.75, 3.05) is 18.6 Å². The van der Waals surface area contributed by atoms with Gasteiger partial charge in [-0.15, -0.1) is 0 Å². The van der Waals surface area contributed by atoms with Crippen molar-refractivity contribution in [2.45, 2.75) is 32.5 Å². The molecule has 1 aliphatic rings. The normalized spacial score (nSPS) is 15.5. The zero-order valence-electron chi connectivity index (χ0n) is 17.9. The van der Waals surface area contributed by atoms with Crippen molar-refractivity contribution in [1.29, 1.82) is 0 Å². The number of carboxylic acids is 1. The van der Waals surface area contributed by atoms with E-state index in [4.69, 9.17) is 14.6 Å². The van der Waals surface area contributed by atoms with Gasteiger partial charge >= 0.3 is 12.1 Å². The van der Waals surface area contributed by atoms with E-state index in [9.17, 15) is 22.8 Å². The van der Waals surface area contributed by atoms with Crippen LogP contribution < -0.4 is 14.4 Å². The van der Waals surface area contributed by atoms with Crippen LogP contribution in [0.2, 0.25) is 0 Å². The molecule has 3 rings (SSSR count). The number of aryl methyl sites for hydroxylation is 1. The summed E-state index contributed by atoms with van der Waals surface area (Å²) in [6.45, 7) is 3.58. The summed E-state index contributed by atoms with van der Waals surface area (Å²) in [5, 5.41) is 8.87. The molecule has 1 aliphatic heterocycles. The summed E-state index contributed by atoms with van der Waals surface area (Å²) in [5.41, 5.74) is 1.39. The van der Waals surface area contributed by atoms with E-state index in [0.29, 0.717) is 33.7 Å². The van der Waals surface area contributed by atoms with Gasteiger partial charge in [0, 0.05) is 18.7 Å². The van der Waals surface area contributed by atoms with Gasteiger partial charge in [0.2, 0.25) is 0 Å². The molecule has 170 valence electrons. The van der Waals surface area contributed by atoms with Crippen molar-refractivity contribution in [3.05, 3.63) is 47.5 Å². The van der Waals surface area contributed by atoms with Crippen molar-refractivity contribution in [1.82, 2.24) is 0 Å². The van der Waals surface area contributed by atoms with Crippen molar-refractivity contribution in [3.63, 3.8) is 0 Å². The Balaban J connectivity index is 2.15. The summed E-state index contributed by atoms with van der Waals surface area (Å²) in [7, 11) is 1.59. The molecule has 32 heavy (non-hydrogen) atoms. The number of hydrogen-bond acceptors (Lipinski definition) is 4. The number of ether oxygens (including phenoxy) is 2. The zero-order valence-corrected chi connectivity index (χ0v) is 17.9. The molecule has 0 saturated heterocycles. The lowest BCUT2D eigenvalue weighted by Crippen LogP contribution is -2.50. The van der Waals surface area contributed by atoms with Crippen LogP contribution in [-0.2, 0) is 9.59 Å². The quantitative estimate of drug-likeness (QED) is 0.662. The van der Waals surface area contributed by atoms with Crippen LogP contribution in [0.15, 0.2) is 36.4 Å². The predicted octanol–water partition coefficient (Wildman–Crippen LogP) is 4.83. The fourth-order valence-electron chi connectivity index (χ4n) is 3.45. The van der Waals surface area contributed by atoms with E-state index in [0.717, 1.165) is 6.08 Å². The minimum absolute atomic E-state index is 0.0242. The number of likely N-dealkylation sites (N-methyl/N-ethyl adjacent to an activating group) is 1. The highest BCUT2D eigenvalue weighted by molar-refractivity contribution is 6.03. The van der Waals surface area contributed by atoms with Crippen LogP contribution >= 0.6 is 0 Å². The number of nitrogens with zero attached hydrogens (tertiary/aromatic N) is 1. The summed E-state index contributed by atoms with van der Waals surface area (Å²) < 4.78 is 49.2. The molecule has 1 amide bonds.